The van der Waals surface area contributed by atoms with Crippen molar-refractivity contribution in [2.45, 2.75) is 39.8 Å². The first-order valence-electron chi connectivity index (χ1n) is 9.35. The number of nitriles is 1. The minimum Gasteiger partial charge on any atom is -0.489 e. The molecule has 0 bridgehead atoms. The van der Waals surface area contributed by atoms with Crippen molar-refractivity contribution >= 4 is 40.0 Å². The van der Waals surface area contributed by atoms with Crippen molar-refractivity contribution in [2.75, 3.05) is 11.1 Å². The largest absolute Gasteiger partial charge is 0.489 e. The zero-order valence-electron chi connectivity index (χ0n) is 16.9. The number of amides is 2. The molecule has 1 aliphatic rings. The number of nitrogens with one attached hydrogen (secondary N) is 2. The summed E-state index contributed by atoms with van der Waals surface area (Å²) in [5.41, 5.74) is 7.10. The first kappa shape index (κ1) is 21.2. The molecule has 0 aliphatic heterocycles. The van der Waals surface area contributed by atoms with Gasteiger partial charge in [-0.1, -0.05) is 27.7 Å². The summed E-state index contributed by atoms with van der Waals surface area (Å²) in [4.78, 5) is 12.5. The molecule has 6 nitrogen and oxygen atoms in total. The molecule has 0 aromatic heterocycles. The van der Waals surface area contributed by atoms with E-state index in [2.05, 4.69) is 67.0 Å². The smallest absolute Gasteiger partial charge is 0.319 e. The van der Waals surface area contributed by atoms with Gasteiger partial charge in [-0.15, -0.1) is 0 Å². The van der Waals surface area contributed by atoms with Crippen LogP contribution < -0.4 is 21.1 Å². The predicted molar refractivity (Wildman–Crippen MR) is 123 cm³/mol. The highest BCUT2D eigenvalue weighted by Crippen LogP contribution is 2.55. The number of nitrogens with two attached hydrogens (primary N) is 1. The molecule has 7 heteroatoms. The average molecular weight is 504 g/mol. The lowest BCUT2D eigenvalue weighted by Gasteiger charge is -2.63. The number of carbonyl (C=O) groups excluding carboxylic acids is 1. The van der Waals surface area contributed by atoms with E-state index < -0.39 is 0 Å². The molecule has 0 unspecified atom stereocenters. The Morgan fingerprint density at radius 2 is 1.76 bits per heavy atom. The van der Waals surface area contributed by atoms with Gasteiger partial charge in [-0.25, -0.2) is 4.79 Å². The number of anilines is 2. The fraction of sp³-hybridized carbons (Fsp3) is 0.364. The highest BCUT2D eigenvalue weighted by Gasteiger charge is 2.64. The Kier molecular flexibility index (Phi) is 5.68. The number of nitrogens with zero attached hydrogens (tertiary/aromatic N) is 1. The van der Waals surface area contributed by atoms with Gasteiger partial charge in [0, 0.05) is 31.8 Å². The summed E-state index contributed by atoms with van der Waals surface area (Å²) in [5.74, 6) is 0.726. The van der Waals surface area contributed by atoms with Gasteiger partial charge >= 0.3 is 6.03 Å². The topological polar surface area (TPSA) is 100 Å². The van der Waals surface area contributed by atoms with Gasteiger partial charge in [-0.05, 0) is 65.1 Å². The molecule has 1 saturated carbocycles. The molecule has 0 saturated heterocycles. The van der Waals surface area contributed by atoms with Gasteiger partial charge in [0.1, 0.15) is 17.9 Å². The van der Waals surface area contributed by atoms with E-state index in [0.29, 0.717) is 16.9 Å². The fourth-order valence-electron chi connectivity index (χ4n) is 4.46. The molecule has 2 aromatic rings. The van der Waals surface area contributed by atoms with Gasteiger partial charge in [0.05, 0.1) is 5.56 Å². The first-order chi connectivity index (χ1) is 13.6. The maximum Gasteiger partial charge on any atom is 0.319 e. The van der Waals surface area contributed by atoms with Gasteiger partial charge in [0.2, 0.25) is 0 Å². The van der Waals surface area contributed by atoms with E-state index in [1.807, 2.05) is 12.1 Å². The zero-order chi connectivity index (χ0) is 21.4. The second kappa shape index (κ2) is 7.75. The SMILES string of the molecule is CC1(C)[C@H](NC(=O)Nc2ccc(N)cc2)C(C)(C)[C@H]1Oc1ccc(C#N)c(I)c1. The second-order valence-electron chi connectivity index (χ2n) is 8.55. The Balaban J connectivity index is 1.69. The Morgan fingerprint density at radius 3 is 2.31 bits per heavy atom. The molecule has 29 heavy (non-hydrogen) atoms. The predicted octanol–water partition coefficient (Wildman–Crippen LogP) is 4.75. The normalized spacial score (nSPS) is 21.4. The van der Waals surface area contributed by atoms with Gasteiger partial charge in [0.15, 0.2) is 0 Å². The highest BCUT2D eigenvalue weighted by molar-refractivity contribution is 14.1. The summed E-state index contributed by atoms with van der Waals surface area (Å²) in [6, 6.07) is 14.3. The molecule has 2 amide bonds. The summed E-state index contributed by atoms with van der Waals surface area (Å²) in [6.07, 6.45) is -0.0967. The number of hydrogen-bond acceptors (Lipinski definition) is 4. The summed E-state index contributed by atoms with van der Waals surface area (Å²) in [5, 5.41) is 15.1. The summed E-state index contributed by atoms with van der Waals surface area (Å²) < 4.78 is 7.16. The molecule has 152 valence electrons. The number of nitrogen functional groups attached to an aromatic ring is 1. The summed E-state index contributed by atoms with van der Waals surface area (Å²) in [6.45, 7) is 8.36. The molecule has 3 rings (SSSR count). The monoisotopic (exact) mass is 504 g/mol. The van der Waals surface area contributed by atoms with Crippen LogP contribution in [0, 0.1) is 25.7 Å². The van der Waals surface area contributed by atoms with Crippen molar-refractivity contribution in [3.8, 4) is 11.8 Å². The molecule has 2 aromatic carbocycles. The summed E-state index contributed by atoms with van der Waals surface area (Å²) in [7, 11) is 0. The lowest BCUT2D eigenvalue weighted by molar-refractivity contribution is -0.163. The number of rotatable bonds is 4. The van der Waals surface area contributed by atoms with Crippen LogP contribution in [-0.2, 0) is 0 Å². The molecular weight excluding hydrogens is 479 g/mol. The van der Waals surface area contributed by atoms with Crippen LogP contribution in [0.3, 0.4) is 0 Å². The molecule has 0 radical (unpaired) electrons. The van der Waals surface area contributed by atoms with Crippen molar-refractivity contribution < 1.29 is 9.53 Å². The van der Waals surface area contributed by atoms with E-state index in [4.69, 9.17) is 15.7 Å². The van der Waals surface area contributed by atoms with Gasteiger partial charge in [-0.3, -0.25) is 0 Å². The highest BCUT2D eigenvalue weighted by atomic mass is 127. The van der Waals surface area contributed by atoms with Crippen LogP contribution >= 0.6 is 22.6 Å². The Morgan fingerprint density at radius 1 is 1.14 bits per heavy atom. The number of halogens is 1. The Hall–Kier alpha value is -2.47. The van der Waals surface area contributed by atoms with Crippen LogP contribution in [0.4, 0.5) is 16.2 Å². The Bertz CT molecular complexity index is 948. The maximum atomic E-state index is 12.5. The van der Waals surface area contributed by atoms with Crippen molar-refractivity contribution in [3.05, 3.63) is 51.6 Å². The minimum atomic E-state index is -0.276. The Labute approximate surface area is 185 Å². The molecular formula is C22H25IN4O2. The standard InChI is InChI=1S/C22H25IN4O2/c1-21(2)18(27-20(28)26-15-8-6-14(25)7-9-15)22(3,4)19(21)29-16-10-5-13(12-24)17(23)11-16/h5-11,18-19H,25H2,1-4H3,(H2,26,27,28)/t18-,19-. The van der Waals surface area contributed by atoms with Crippen molar-refractivity contribution in [1.29, 1.82) is 5.26 Å². The number of urea groups is 1. The van der Waals surface area contributed by atoms with Gasteiger partial charge in [0.25, 0.3) is 0 Å². The molecule has 1 aliphatic carbocycles. The minimum absolute atomic E-state index is 0.0776. The van der Waals surface area contributed by atoms with E-state index in [-0.39, 0.29) is 29.0 Å². The molecule has 0 spiro atoms. The number of benzene rings is 2. The molecule has 4 N–H and O–H groups in total. The second-order valence-corrected chi connectivity index (χ2v) is 9.71. The third-order valence-corrected chi connectivity index (χ3v) is 6.49. The van der Waals surface area contributed by atoms with Crippen molar-refractivity contribution in [1.82, 2.24) is 5.32 Å². The van der Waals surface area contributed by atoms with E-state index in [1.54, 1.807) is 30.3 Å². The van der Waals surface area contributed by atoms with Crippen LogP contribution in [0.5, 0.6) is 5.75 Å². The van der Waals surface area contributed by atoms with Crippen LogP contribution in [-0.4, -0.2) is 18.2 Å². The van der Waals surface area contributed by atoms with Gasteiger partial charge in [-0.2, -0.15) is 5.26 Å². The van der Waals surface area contributed by atoms with Crippen molar-refractivity contribution in [3.63, 3.8) is 0 Å². The summed E-state index contributed by atoms with van der Waals surface area (Å²) >= 11 is 2.14. The molecule has 1 fully saturated rings. The average Bonchev–Trinajstić information content (AvgIpc) is 2.66. The van der Waals surface area contributed by atoms with Crippen LogP contribution in [0.1, 0.15) is 33.3 Å². The van der Waals surface area contributed by atoms with Crippen LogP contribution in [0.15, 0.2) is 42.5 Å². The first-order valence-corrected chi connectivity index (χ1v) is 10.4. The third-order valence-electron chi connectivity index (χ3n) is 5.60. The van der Waals surface area contributed by atoms with E-state index >= 15 is 0 Å². The van der Waals surface area contributed by atoms with Crippen molar-refractivity contribution in [2.24, 2.45) is 10.8 Å². The van der Waals surface area contributed by atoms with Crippen LogP contribution in [0.25, 0.3) is 0 Å². The maximum absolute atomic E-state index is 12.5. The van der Waals surface area contributed by atoms with E-state index in [1.165, 1.54) is 0 Å². The third kappa shape index (κ3) is 4.13. The van der Waals surface area contributed by atoms with E-state index in [0.717, 1.165) is 9.32 Å². The molecule has 0 atom stereocenters. The zero-order valence-corrected chi connectivity index (χ0v) is 19.1. The van der Waals surface area contributed by atoms with Crippen LogP contribution in [0.2, 0.25) is 0 Å². The fourth-order valence-corrected chi connectivity index (χ4v) is 5.07. The van der Waals surface area contributed by atoms with Gasteiger partial charge < -0.3 is 21.1 Å². The lowest BCUT2D eigenvalue weighted by atomic mass is 9.49. The number of hydrogen-bond donors (Lipinski definition) is 3. The quantitative estimate of drug-likeness (QED) is 0.414. The van der Waals surface area contributed by atoms with E-state index in [9.17, 15) is 4.79 Å². The number of ether oxygens (including phenoxy) is 1. The number of carbonyl (C=O) groups is 1. The lowest BCUT2D eigenvalue weighted by Crippen LogP contribution is -2.75. The molecule has 0 heterocycles.